The van der Waals surface area contributed by atoms with Gasteiger partial charge in [-0.25, -0.2) is 0 Å². The van der Waals surface area contributed by atoms with E-state index in [1.807, 2.05) is 13.8 Å². The van der Waals surface area contributed by atoms with Gasteiger partial charge in [-0.3, -0.25) is 4.79 Å². The van der Waals surface area contributed by atoms with E-state index >= 15 is 0 Å². The first kappa shape index (κ1) is 21.3. The van der Waals surface area contributed by atoms with Gasteiger partial charge in [-0.1, -0.05) is 54.6 Å². The molecule has 3 heteroatoms. The van der Waals surface area contributed by atoms with Crippen molar-refractivity contribution in [2.75, 3.05) is 6.16 Å². The Kier molecular flexibility index (Phi) is 6.87. The van der Waals surface area contributed by atoms with Crippen molar-refractivity contribution >= 4 is 29.1 Å². The molecule has 0 radical (unpaired) electrons. The summed E-state index contributed by atoms with van der Waals surface area (Å²) in [6.45, 7) is 3.65. The molecule has 0 spiro atoms. The number of benzene rings is 3. The molecule has 0 aromatic heterocycles. The molecule has 2 nitrogen and oxygen atoms in total. The van der Waals surface area contributed by atoms with E-state index in [2.05, 4.69) is 91.0 Å². The molecule has 0 amide bonds. The van der Waals surface area contributed by atoms with E-state index in [4.69, 9.17) is 0 Å². The third kappa shape index (κ3) is 4.77. The van der Waals surface area contributed by atoms with Gasteiger partial charge in [0.2, 0.25) is 0 Å². The Labute approximate surface area is 175 Å². The van der Waals surface area contributed by atoms with Crippen molar-refractivity contribution in [2.24, 2.45) is 5.41 Å². The van der Waals surface area contributed by atoms with Crippen LogP contribution in [0.15, 0.2) is 91.0 Å². The lowest BCUT2D eigenvalue weighted by Crippen LogP contribution is -2.33. The van der Waals surface area contributed by atoms with E-state index in [-0.39, 0.29) is 0 Å². The van der Waals surface area contributed by atoms with Crippen LogP contribution in [-0.2, 0) is 4.79 Å². The summed E-state index contributed by atoms with van der Waals surface area (Å²) in [6, 6.07) is 32.5. The number of carbonyl (C=O) groups is 1. The number of aliphatic carboxylic acids is 1. The van der Waals surface area contributed by atoms with E-state index in [0.29, 0.717) is 6.42 Å². The normalized spacial score (nSPS) is 11.9. The lowest BCUT2D eigenvalue weighted by Gasteiger charge is -2.28. The minimum atomic E-state index is -1.81. The Morgan fingerprint density at radius 3 is 1.45 bits per heavy atom. The fourth-order valence-electron chi connectivity index (χ4n) is 3.90. The monoisotopic (exact) mass is 405 g/mol. The number of rotatable bonds is 9. The number of unbranched alkanes of at least 4 members (excludes halogenated alkanes) is 1. The Morgan fingerprint density at radius 2 is 1.10 bits per heavy atom. The highest BCUT2D eigenvalue weighted by atomic mass is 31.2. The summed E-state index contributed by atoms with van der Waals surface area (Å²) in [5.74, 6) is -0.715. The van der Waals surface area contributed by atoms with Crippen LogP contribution in [0.1, 0.15) is 33.1 Å². The molecule has 0 aliphatic heterocycles. The first-order valence-corrected chi connectivity index (χ1v) is 12.2. The molecule has 3 aromatic carbocycles. The molecule has 29 heavy (non-hydrogen) atoms. The standard InChI is InChI=1S/C26H29O2P/c1-26(2,25(27)28)20-12-13-21-29(22-14-6-3-7-15-22,23-16-8-4-9-17-23)24-18-10-5-11-19-24/h3-11,14-19H,12-13,20-21H2,1-2H3/p+1. The zero-order chi connectivity index (χ0) is 20.7. The zero-order valence-electron chi connectivity index (χ0n) is 17.3. The maximum atomic E-state index is 11.5. The van der Waals surface area contributed by atoms with Gasteiger partial charge in [0.05, 0.1) is 11.6 Å². The van der Waals surface area contributed by atoms with Gasteiger partial charge in [-0.05, 0) is 69.5 Å². The van der Waals surface area contributed by atoms with Crippen LogP contribution in [0.2, 0.25) is 0 Å². The van der Waals surface area contributed by atoms with Gasteiger partial charge in [0.25, 0.3) is 0 Å². The van der Waals surface area contributed by atoms with Crippen LogP contribution in [-0.4, -0.2) is 17.2 Å². The molecule has 0 saturated heterocycles. The lowest BCUT2D eigenvalue weighted by molar-refractivity contribution is -0.147. The first-order valence-electron chi connectivity index (χ1n) is 10.3. The summed E-state index contributed by atoms with van der Waals surface area (Å²) < 4.78 is 0. The zero-order valence-corrected chi connectivity index (χ0v) is 18.2. The van der Waals surface area contributed by atoms with Gasteiger partial charge in [-0.2, -0.15) is 0 Å². The smallest absolute Gasteiger partial charge is 0.309 e. The van der Waals surface area contributed by atoms with E-state index in [1.165, 1.54) is 15.9 Å². The van der Waals surface area contributed by atoms with Crippen LogP contribution in [0.4, 0.5) is 0 Å². The minimum Gasteiger partial charge on any atom is -0.481 e. The van der Waals surface area contributed by atoms with Crippen LogP contribution < -0.4 is 15.9 Å². The maximum absolute atomic E-state index is 11.5. The van der Waals surface area contributed by atoms with Gasteiger partial charge in [0.15, 0.2) is 0 Å². The van der Waals surface area contributed by atoms with Gasteiger partial charge in [0, 0.05) is 0 Å². The summed E-state index contributed by atoms with van der Waals surface area (Å²) >= 11 is 0. The number of hydrogen-bond donors (Lipinski definition) is 1. The molecule has 3 rings (SSSR count). The first-order chi connectivity index (χ1) is 14.0. The van der Waals surface area contributed by atoms with Crippen molar-refractivity contribution in [1.82, 2.24) is 0 Å². The van der Waals surface area contributed by atoms with Gasteiger partial charge >= 0.3 is 5.97 Å². The summed E-state index contributed by atoms with van der Waals surface area (Å²) in [7, 11) is -1.81. The summed E-state index contributed by atoms with van der Waals surface area (Å²) in [4.78, 5) is 11.5. The largest absolute Gasteiger partial charge is 0.481 e. The average Bonchev–Trinajstić information content (AvgIpc) is 2.76. The fourth-order valence-corrected chi connectivity index (χ4v) is 8.32. The van der Waals surface area contributed by atoms with Crippen molar-refractivity contribution in [3.63, 3.8) is 0 Å². The quantitative estimate of drug-likeness (QED) is 0.389. The molecular formula is C26H30O2P+. The second-order valence-electron chi connectivity index (χ2n) is 8.19. The minimum absolute atomic E-state index is 0.673. The third-order valence-electron chi connectivity index (χ3n) is 5.72. The molecule has 0 unspecified atom stereocenters. The SMILES string of the molecule is CC(C)(CCCC[P+](c1ccccc1)(c1ccccc1)c1ccccc1)C(=O)O. The second-order valence-corrected chi connectivity index (χ2v) is 11.8. The predicted octanol–water partition coefficient (Wildman–Crippen LogP) is 5.26. The van der Waals surface area contributed by atoms with Crippen molar-refractivity contribution in [1.29, 1.82) is 0 Å². The molecular weight excluding hydrogens is 375 g/mol. The number of carboxylic acids is 1. The molecule has 3 aromatic rings. The van der Waals surface area contributed by atoms with Crippen LogP contribution in [0.3, 0.4) is 0 Å². The topological polar surface area (TPSA) is 37.3 Å². The van der Waals surface area contributed by atoms with Crippen LogP contribution in [0.25, 0.3) is 0 Å². The van der Waals surface area contributed by atoms with Crippen LogP contribution in [0.5, 0.6) is 0 Å². The van der Waals surface area contributed by atoms with E-state index < -0.39 is 18.6 Å². The molecule has 0 heterocycles. The van der Waals surface area contributed by atoms with Gasteiger partial charge in [-0.15, -0.1) is 0 Å². The Bertz CT molecular complexity index is 809. The highest BCUT2D eigenvalue weighted by Gasteiger charge is 2.44. The molecule has 0 aliphatic carbocycles. The molecule has 0 saturated carbocycles. The Balaban J connectivity index is 2.00. The van der Waals surface area contributed by atoms with E-state index in [0.717, 1.165) is 19.0 Å². The molecule has 1 N–H and O–H groups in total. The van der Waals surface area contributed by atoms with Gasteiger partial charge in [0.1, 0.15) is 23.2 Å². The van der Waals surface area contributed by atoms with Gasteiger partial charge < -0.3 is 5.11 Å². The van der Waals surface area contributed by atoms with Crippen molar-refractivity contribution < 1.29 is 9.90 Å². The molecule has 0 bridgehead atoms. The summed E-state index contributed by atoms with van der Waals surface area (Å²) in [5.41, 5.74) is -0.673. The third-order valence-corrected chi connectivity index (χ3v) is 10.2. The second kappa shape index (κ2) is 9.37. The maximum Gasteiger partial charge on any atom is 0.309 e. The highest BCUT2D eigenvalue weighted by Crippen LogP contribution is 2.56. The molecule has 0 fully saturated rings. The average molecular weight is 405 g/mol. The lowest BCUT2D eigenvalue weighted by atomic mass is 9.88. The molecule has 150 valence electrons. The number of hydrogen-bond acceptors (Lipinski definition) is 1. The Hall–Kier alpha value is -2.44. The molecule has 0 atom stereocenters. The van der Waals surface area contributed by atoms with Crippen molar-refractivity contribution in [3.8, 4) is 0 Å². The predicted molar refractivity (Wildman–Crippen MR) is 125 cm³/mol. The van der Waals surface area contributed by atoms with E-state index in [1.54, 1.807) is 0 Å². The fraction of sp³-hybridized carbons (Fsp3) is 0.269. The summed E-state index contributed by atoms with van der Waals surface area (Å²) in [6.07, 6.45) is 3.65. The Morgan fingerprint density at radius 1 is 0.724 bits per heavy atom. The summed E-state index contributed by atoms with van der Waals surface area (Å²) in [5, 5.41) is 13.6. The highest BCUT2D eigenvalue weighted by molar-refractivity contribution is 7.95. The van der Waals surface area contributed by atoms with Crippen LogP contribution >= 0.6 is 7.26 Å². The van der Waals surface area contributed by atoms with Crippen molar-refractivity contribution in [3.05, 3.63) is 91.0 Å². The number of carboxylic acid groups (broad SMARTS) is 1. The van der Waals surface area contributed by atoms with Crippen LogP contribution in [0, 0.1) is 5.41 Å². The van der Waals surface area contributed by atoms with Crippen molar-refractivity contribution in [2.45, 2.75) is 33.1 Å². The van der Waals surface area contributed by atoms with E-state index in [9.17, 15) is 9.90 Å². The molecule has 0 aliphatic rings.